The average molecular weight is 290 g/mol. The number of urea groups is 1. The standard InChI is InChI=1S/C15H18N2O4/c1-9(2)12-13(18)17(15(20)16-12)8-10-4-6-11(7-5-10)14(19)21-3/h4-7,9,12H,8H2,1-3H3,(H,16,20). The summed E-state index contributed by atoms with van der Waals surface area (Å²) in [6.45, 7) is 3.96. The molecule has 1 fully saturated rings. The molecule has 6 heteroatoms. The van der Waals surface area contributed by atoms with E-state index in [0.29, 0.717) is 5.56 Å². The summed E-state index contributed by atoms with van der Waals surface area (Å²) in [4.78, 5) is 36.5. The van der Waals surface area contributed by atoms with Crippen molar-refractivity contribution in [1.82, 2.24) is 10.2 Å². The highest BCUT2D eigenvalue weighted by Crippen LogP contribution is 2.17. The minimum Gasteiger partial charge on any atom is -0.465 e. The first kappa shape index (κ1) is 15.0. The third-order valence-electron chi connectivity index (χ3n) is 3.44. The molecule has 1 aliphatic heterocycles. The van der Waals surface area contributed by atoms with Crippen molar-refractivity contribution >= 4 is 17.9 Å². The molecule has 1 atom stereocenters. The third-order valence-corrected chi connectivity index (χ3v) is 3.44. The number of hydrogen-bond acceptors (Lipinski definition) is 4. The third kappa shape index (κ3) is 3.04. The maximum absolute atomic E-state index is 12.2. The highest BCUT2D eigenvalue weighted by molar-refractivity contribution is 6.04. The Labute approximate surface area is 123 Å². The molecule has 0 aliphatic carbocycles. The Balaban J connectivity index is 2.10. The topological polar surface area (TPSA) is 75.7 Å². The average Bonchev–Trinajstić information content (AvgIpc) is 2.75. The summed E-state index contributed by atoms with van der Waals surface area (Å²) < 4.78 is 4.62. The largest absolute Gasteiger partial charge is 0.465 e. The van der Waals surface area contributed by atoms with E-state index in [0.717, 1.165) is 5.56 Å². The van der Waals surface area contributed by atoms with Gasteiger partial charge in [0.15, 0.2) is 0 Å². The van der Waals surface area contributed by atoms with Crippen LogP contribution in [0.1, 0.15) is 29.8 Å². The molecule has 1 saturated heterocycles. The summed E-state index contributed by atoms with van der Waals surface area (Å²) >= 11 is 0. The number of amides is 3. The van der Waals surface area contributed by atoms with Crippen LogP contribution in [0, 0.1) is 5.92 Å². The molecule has 0 saturated carbocycles. The van der Waals surface area contributed by atoms with Crippen LogP contribution < -0.4 is 5.32 Å². The number of carbonyl (C=O) groups is 3. The number of nitrogens with one attached hydrogen (secondary N) is 1. The predicted octanol–water partition coefficient (Wildman–Crippen LogP) is 1.55. The van der Waals surface area contributed by atoms with Crippen molar-refractivity contribution in [2.24, 2.45) is 5.92 Å². The molecule has 1 aliphatic rings. The van der Waals surface area contributed by atoms with Crippen LogP contribution in [-0.2, 0) is 16.1 Å². The first-order chi connectivity index (χ1) is 9.93. The molecule has 1 unspecified atom stereocenters. The minimum absolute atomic E-state index is 0.0492. The van der Waals surface area contributed by atoms with Gasteiger partial charge in [0.2, 0.25) is 0 Å². The van der Waals surface area contributed by atoms with Gasteiger partial charge in [-0.05, 0) is 23.6 Å². The van der Waals surface area contributed by atoms with Crippen LogP contribution in [-0.4, -0.2) is 36.0 Å². The lowest BCUT2D eigenvalue weighted by atomic mass is 10.0. The molecule has 1 heterocycles. The molecule has 0 radical (unpaired) electrons. The zero-order valence-electron chi connectivity index (χ0n) is 12.3. The van der Waals surface area contributed by atoms with E-state index in [9.17, 15) is 14.4 Å². The summed E-state index contributed by atoms with van der Waals surface area (Å²) in [5, 5.41) is 2.68. The zero-order valence-corrected chi connectivity index (χ0v) is 12.3. The Hall–Kier alpha value is -2.37. The van der Waals surface area contributed by atoms with E-state index < -0.39 is 12.0 Å². The molecule has 0 aromatic heterocycles. The fourth-order valence-corrected chi connectivity index (χ4v) is 2.19. The number of hydrogen-bond donors (Lipinski definition) is 1. The smallest absolute Gasteiger partial charge is 0.337 e. The van der Waals surface area contributed by atoms with Gasteiger partial charge in [-0.15, -0.1) is 0 Å². The SMILES string of the molecule is COC(=O)c1ccc(CN2C(=O)NC(C(C)C)C2=O)cc1. The van der Waals surface area contributed by atoms with Gasteiger partial charge in [0.25, 0.3) is 5.91 Å². The Morgan fingerprint density at radius 2 is 1.90 bits per heavy atom. The van der Waals surface area contributed by atoms with E-state index in [-0.39, 0.29) is 24.4 Å². The van der Waals surface area contributed by atoms with Crippen LogP contribution in [0.5, 0.6) is 0 Å². The van der Waals surface area contributed by atoms with Crippen LogP contribution >= 0.6 is 0 Å². The Morgan fingerprint density at radius 1 is 1.29 bits per heavy atom. The van der Waals surface area contributed by atoms with Crippen molar-refractivity contribution < 1.29 is 19.1 Å². The lowest BCUT2D eigenvalue weighted by Crippen LogP contribution is -2.34. The quantitative estimate of drug-likeness (QED) is 0.674. The summed E-state index contributed by atoms with van der Waals surface area (Å²) in [7, 11) is 1.32. The van der Waals surface area contributed by atoms with Crippen molar-refractivity contribution in [3.63, 3.8) is 0 Å². The van der Waals surface area contributed by atoms with Gasteiger partial charge in [0, 0.05) is 0 Å². The molecule has 1 aromatic rings. The van der Waals surface area contributed by atoms with E-state index >= 15 is 0 Å². The number of esters is 1. The number of benzene rings is 1. The van der Waals surface area contributed by atoms with Crippen LogP contribution in [0.2, 0.25) is 0 Å². The molecule has 1 N–H and O–H groups in total. The molecule has 0 bridgehead atoms. The fraction of sp³-hybridized carbons (Fsp3) is 0.400. The van der Waals surface area contributed by atoms with Gasteiger partial charge >= 0.3 is 12.0 Å². The maximum atomic E-state index is 12.2. The summed E-state index contributed by atoms with van der Waals surface area (Å²) in [6.07, 6.45) is 0. The van der Waals surface area contributed by atoms with Gasteiger partial charge < -0.3 is 10.1 Å². The highest BCUT2D eigenvalue weighted by atomic mass is 16.5. The van der Waals surface area contributed by atoms with Crippen LogP contribution in [0.25, 0.3) is 0 Å². The summed E-state index contributed by atoms with van der Waals surface area (Å²) in [5.74, 6) is -0.586. The summed E-state index contributed by atoms with van der Waals surface area (Å²) in [6, 6.07) is 5.78. The molecule has 21 heavy (non-hydrogen) atoms. The van der Waals surface area contributed by atoms with E-state index in [2.05, 4.69) is 10.1 Å². The number of imide groups is 1. The Kier molecular flexibility index (Phi) is 4.26. The first-order valence-corrected chi connectivity index (χ1v) is 6.73. The normalized spacial score (nSPS) is 18.1. The van der Waals surface area contributed by atoms with Gasteiger partial charge in [-0.25, -0.2) is 9.59 Å². The lowest BCUT2D eigenvalue weighted by Gasteiger charge is -2.14. The van der Waals surface area contributed by atoms with Crippen LogP contribution in [0.3, 0.4) is 0 Å². The van der Waals surface area contributed by atoms with Crippen molar-refractivity contribution in [3.05, 3.63) is 35.4 Å². The van der Waals surface area contributed by atoms with E-state index in [1.165, 1.54) is 12.0 Å². The van der Waals surface area contributed by atoms with Crippen molar-refractivity contribution in [2.45, 2.75) is 26.4 Å². The van der Waals surface area contributed by atoms with E-state index in [4.69, 9.17) is 0 Å². The van der Waals surface area contributed by atoms with Crippen molar-refractivity contribution in [2.75, 3.05) is 7.11 Å². The highest BCUT2D eigenvalue weighted by Gasteiger charge is 2.39. The molecule has 0 spiro atoms. The second-order valence-corrected chi connectivity index (χ2v) is 5.28. The number of methoxy groups -OCH3 is 1. The second-order valence-electron chi connectivity index (χ2n) is 5.28. The van der Waals surface area contributed by atoms with Gasteiger partial charge in [0.05, 0.1) is 19.2 Å². The number of ether oxygens (including phenoxy) is 1. The number of nitrogens with zero attached hydrogens (tertiary/aromatic N) is 1. The van der Waals surface area contributed by atoms with Crippen LogP contribution in [0.15, 0.2) is 24.3 Å². The fourth-order valence-electron chi connectivity index (χ4n) is 2.19. The minimum atomic E-state index is -0.466. The van der Waals surface area contributed by atoms with E-state index in [1.54, 1.807) is 24.3 Å². The molecule has 6 nitrogen and oxygen atoms in total. The van der Waals surface area contributed by atoms with Crippen molar-refractivity contribution in [1.29, 1.82) is 0 Å². The number of rotatable bonds is 4. The summed E-state index contributed by atoms with van der Waals surface area (Å²) in [5.41, 5.74) is 1.20. The van der Waals surface area contributed by atoms with Gasteiger partial charge in [-0.1, -0.05) is 26.0 Å². The Morgan fingerprint density at radius 3 is 2.38 bits per heavy atom. The molecule has 2 rings (SSSR count). The second kappa shape index (κ2) is 5.95. The van der Waals surface area contributed by atoms with Crippen molar-refractivity contribution in [3.8, 4) is 0 Å². The molecular weight excluding hydrogens is 272 g/mol. The molecular formula is C15H18N2O4. The first-order valence-electron chi connectivity index (χ1n) is 6.73. The molecule has 3 amide bonds. The monoisotopic (exact) mass is 290 g/mol. The number of carbonyl (C=O) groups excluding carboxylic acids is 3. The van der Waals surface area contributed by atoms with Crippen LogP contribution in [0.4, 0.5) is 4.79 Å². The van der Waals surface area contributed by atoms with Gasteiger partial charge in [-0.2, -0.15) is 0 Å². The maximum Gasteiger partial charge on any atom is 0.337 e. The van der Waals surface area contributed by atoms with Gasteiger partial charge in [-0.3, -0.25) is 9.69 Å². The molecule has 112 valence electrons. The van der Waals surface area contributed by atoms with E-state index in [1.807, 2.05) is 13.8 Å². The lowest BCUT2D eigenvalue weighted by molar-refractivity contribution is -0.128. The zero-order chi connectivity index (χ0) is 15.6. The molecule has 1 aromatic carbocycles. The Bertz CT molecular complexity index is 566. The van der Waals surface area contributed by atoms with Gasteiger partial charge in [0.1, 0.15) is 6.04 Å². The predicted molar refractivity (Wildman–Crippen MR) is 75.5 cm³/mol.